The molecule has 1 N–H and O–H groups in total. The number of benzene rings is 1. The molecule has 0 unspecified atom stereocenters. The number of amides is 1. The van der Waals surface area contributed by atoms with Crippen LogP contribution in [0.3, 0.4) is 0 Å². The molecule has 3 rings (SSSR count). The fourth-order valence-corrected chi connectivity index (χ4v) is 3.07. The van der Waals surface area contributed by atoms with E-state index in [1.807, 2.05) is 0 Å². The van der Waals surface area contributed by atoms with Crippen molar-refractivity contribution >= 4 is 46.0 Å². The molecule has 1 aromatic carbocycles. The number of anilines is 1. The van der Waals surface area contributed by atoms with Crippen molar-refractivity contribution in [2.24, 2.45) is 14.1 Å². The quantitative estimate of drug-likeness (QED) is 0.698. The Kier molecular flexibility index (Phi) is 5.38. The summed E-state index contributed by atoms with van der Waals surface area (Å²) >= 11 is 11.8. The SMILES string of the molecule is Cn1c(=O)c2c(ncn2CCCC(=O)Nc2ccc(Cl)c(Cl)c2)n(C)c1=O. The number of fused-ring (bicyclic) bond motifs is 1. The summed E-state index contributed by atoms with van der Waals surface area (Å²) in [4.78, 5) is 40.6. The first-order chi connectivity index (χ1) is 12.8. The first-order valence-corrected chi connectivity index (χ1v) is 8.91. The van der Waals surface area contributed by atoms with Gasteiger partial charge < -0.3 is 9.88 Å². The zero-order chi connectivity index (χ0) is 19.7. The molecule has 2 heterocycles. The number of carbonyl (C=O) groups is 1. The molecule has 0 atom stereocenters. The lowest BCUT2D eigenvalue weighted by molar-refractivity contribution is -0.116. The Morgan fingerprint density at radius 3 is 2.59 bits per heavy atom. The predicted molar refractivity (Wildman–Crippen MR) is 105 cm³/mol. The van der Waals surface area contributed by atoms with Crippen LogP contribution in [0.4, 0.5) is 5.69 Å². The van der Waals surface area contributed by atoms with Crippen LogP contribution < -0.4 is 16.6 Å². The minimum Gasteiger partial charge on any atom is -0.326 e. The molecule has 10 heteroatoms. The first kappa shape index (κ1) is 19.2. The van der Waals surface area contributed by atoms with Gasteiger partial charge in [-0.2, -0.15) is 0 Å². The Balaban J connectivity index is 1.69. The number of nitrogens with zero attached hydrogens (tertiary/aromatic N) is 4. The Morgan fingerprint density at radius 2 is 1.89 bits per heavy atom. The van der Waals surface area contributed by atoms with Crippen molar-refractivity contribution in [3.63, 3.8) is 0 Å². The number of rotatable bonds is 5. The maximum atomic E-state index is 12.4. The third kappa shape index (κ3) is 3.77. The summed E-state index contributed by atoms with van der Waals surface area (Å²) in [5.41, 5.74) is 0.379. The van der Waals surface area contributed by atoms with Crippen LogP contribution in [-0.4, -0.2) is 24.6 Å². The van der Waals surface area contributed by atoms with E-state index >= 15 is 0 Å². The molecule has 2 aromatic heterocycles. The summed E-state index contributed by atoms with van der Waals surface area (Å²) in [6.45, 7) is 0.415. The van der Waals surface area contributed by atoms with Gasteiger partial charge in [0.1, 0.15) is 0 Å². The second kappa shape index (κ2) is 7.58. The van der Waals surface area contributed by atoms with Crippen molar-refractivity contribution in [1.29, 1.82) is 0 Å². The first-order valence-electron chi connectivity index (χ1n) is 8.15. The van der Waals surface area contributed by atoms with Crippen LogP contribution >= 0.6 is 23.2 Å². The van der Waals surface area contributed by atoms with E-state index < -0.39 is 11.2 Å². The summed E-state index contributed by atoms with van der Waals surface area (Å²) in [6, 6.07) is 4.85. The van der Waals surface area contributed by atoms with E-state index in [9.17, 15) is 14.4 Å². The standard InChI is InChI=1S/C17H17Cl2N5O3/c1-22-15-14(16(26)23(2)17(22)27)24(9-20-15)7-3-4-13(25)21-10-5-6-11(18)12(19)8-10/h5-6,8-9H,3-4,7H2,1-2H3,(H,21,25). The molecule has 0 radical (unpaired) electrons. The highest BCUT2D eigenvalue weighted by Gasteiger charge is 2.14. The highest BCUT2D eigenvalue weighted by Crippen LogP contribution is 2.25. The fraction of sp³-hybridized carbons (Fsp3) is 0.294. The van der Waals surface area contributed by atoms with Gasteiger partial charge in [0.05, 0.1) is 16.4 Å². The molecule has 142 valence electrons. The lowest BCUT2D eigenvalue weighted by Gasteiger charge is -2.08. The van der Waals surface area contributed by atoms with Crippen LogP contribution in [0.2, 0.25) is 10.0 Å². The highest BCUT2D eigenvalue weighted by atomic mass is 35.5. The highest BCUT2D eigenvalue weighted by molar-refractivity contribution is 6.42. The van der Waals surface area contributed by atoms with Crippen molar-refractivity contribution in [2.45, 2.75) is 19.4 Å². The van der Waals surface area contributed by atoms with E-state index in [0.717, 1.165) is 4.57 Å². The summed E-state index contributed by atoms with van der Waals surface area (Å²) in [6.07, 6.45) is 2.24. The largest absolute Gasteiger partial charge is 0.332 e. The van der Waals surface area contributed by atoms with Crippen LogP contribution in [0, 0.1) is 0 Å². The third-order valence-electron chi connectivity index (χ3n) is 4.22. The van der Waals surface area contributed by atoms with Gasteiger partial charge >= 0.3 is 5.69 Å². The lowest BCUT2D eigenvalue weighted by Crippen LogP contribution is -2.37. The van der Waals surface area contributed by atoms with Gasteiger partial charge in [-0.25, -0.2) is 9.78 Å². The monoisotopic (exact) mass is 409 g/mol. The molecule has 3 aromatic rings. The normalized spacial score (nSPS) is 11.1. The van der Waals surface area contributed by atoms with Gasteiger partial charge in [-0.05, 0) is 24.6 Å². The summed E-state index contributed by atoms with van der Waals surface area (Å²) in [5, 5.41) is 3.52. The molecular weight excluding hydrogens is 393 g/mol. The zero-order valence-corrected chi connectivity index (χ0v) is 16.2. The van der Waals surface area contributed by atoms with E-state index in [-0.39, 0.29) is 12.3 Å². The number of imidazole rings is 1. The van der Waals surface area contributed by atoms with Crippen LogP contribution in [0.5, 0.6) is 0 Å². The molecule has 0 aliphatic heterocycles. The second-order valence-corrected chi connectivity index (χ2v) is 6.91. The molecule has 0 spiro atoms. The Morgan fingerprint density at radius 1 is 1.15 bits per heavy atom. The van der Waals surface area contributed by atoms with Gasteiger partial charge in [-0.3, -0.25) is 18.7 Å². The average Bonchev–Trinajstić information content (AvgIpc) is 3.05. The minimum absolute atomic E-state index is 0.182. The predicted octanol–water partition coefficient (Wildman–Crippen LogP) is 2.16. The number of hydrogen-bond acceptors (Lipinski definition) is 4. The van der Waals surface area contributed by atoms with Crippen LogP contribution in [0.25, 0.3) is 11.2 Å². The van der Waals surface area contributed by atoms with Crippen LogP contribution in [0.15, 0.2) is 34.1 Å². The number of halogens is 2. The molecule has 0 bridgehead atoms. The average molecular weight is 410 g/mol. The molecule has 0 saturated carbocycles. The van der Waals surface area contributed by atoms with E-state index in [0.29, 0.717) is 39.9 Å². The van der Waals surface area contributed by atoms with Gasteiger partial charge in [-0.1, -0.05) is 23.2 Å². The smallest absolute Gasteiger partial charge is 0.326 e. The number of nitrogens with one attached hydrogen (secondary N) is 1. The van der Waals surface area contributed by atoms with Gasteiger partial charge in [0.15, 0.2) is 11.2 Å². The van der Waals surface area contributed by atoms with Crippen LogP contribution in [0.1, 0.15) is 12.8 Å². The van der Waals surface area contributed by atoms with Crippen LogP contribution in [-0.2, 0) is 25.4 Å². The van der Waals surface area contributed by atoms with Gasteiger partial charge in [-0.15, -0.1) is 0 Å². The van der Waals surface area contributed by atoms with Crippen molar-refractivity contribution in [2.75, 3.05) is 5.32 Å². The Bertz CT molecular complexity index is 1150. The molecule has 0 aliphatic rings. The van der Waals surface area contributed by atoms with Crippen molar-refractivity contribution in [1.82, 2.24) is 18.7 Å². The van der Waals surface area contributed by atoms with Crippen molar-refractivity contribution in [3.8, 4) is 0 Å². The maximum absolute atomic E-state index is 12.4. The molecule has 0 fully saturated rings. The van der Waals surface area contributed by atoms with Crippen molar-refractivity contribution in [3.05, 3.63) is 55.4 Å². The summed E-state index contributed by atoms with van der Waals surface area (Å²) in [5.74, 6) is -0.182. The Hall–Kier alpha value is -2.58. The summed E-state index contributed by atoms with van der Waals surface area (Å²) in [7, 11) is 2.98. The molecule has 8 nitrogen and oxygen atoms in total. The minimum atomic E-state index is -0.432. The molecule has 0 aliphatic carbocycles. The number of hydrogen-bond donors (Lipinski definition) is 1. The van der Waals surface area contributed by atoms with Crippen molar-refractivity contribution < 1.29 is 4.79 Å². The topological polar surface area (TPSA) is 90.9 Å². The maximum Gasteiger partial charge on any atom is 0.332 e. The molecule has 0 saturated heterocycles. The lowest BCUT2D eigenvalue weighted by atomic mass is 10.2. The number of aromatic nitrogens is 4. The number of aryl methyl sites for hydroxylation is 2. The number of carbonyl (C=O) groups excluding carboxylic acids is 1. The van der Waals surface area contributed by atoms with E-state index in [1.54, 1.807) is 29.8 Å². The van der Waals surface area contributed by atoms with Gasteiger partial charge in [0.25, 0.3) is 5.56 Å². The van der Waals surface area contributed by atoms with Gasteiger partial charge in [0.2, 0.25) is 5.91 Å². The summed E-state index contributed by atoms with van der Waals surface area (Å²) < 4.78 is 4.02. The van der Waals surface area contributed by atoms with E-state index in [1.165, 1.54) is 17.9 Å². The molecule has 1 amide bonds. The second-order valence-electron chi connectivity index (χ2n) is 6.10. The van der Waals surface area contributed by atoms with E-state index in [4.69, 9.17) is 23.2 Å². The van der Waals surface area contributed by atoms with E-state index in [2.05, 4.69) is 10.3 Å². The molecule has 27 heavy (non-hydrogen) atoms. The zero-order valence-electron chi connectivity index (χ0n) is 14.7. The third-order valence-corrected chi connectivity index (χ3v) is 4.96. The Labute approximate surface area is 163 Å². The van der Waals surface area contributed by atoms with Gasteiger partial charge in [0, 0.05) is 32.7 Å². The molecular formula is C17H17Cl2N5O3. The fourth-order valence-electron chi connectivity index (χ4n) is 2.77.